The standard InChI is InChI=1S/C23H36N4O7/c1-12-9-17-23(33)34-13(2)10-18(29)26-8-6-7-16(26)22(32)25(5)19(15(4)28)20(30)24-14(3)21(31)27(17)11-12/h12-17,19,28H,6-11H2,1-5H3,(H,24,30)/t12-,13-,14-,15-,16?,17?,19-/m0/s1. The monoisotopic (exact) mass is 480 g/mol. The van der Waals surface area contributed by atoms with Gasteiger partial charge in [0.05, 0.1) is 12.5 Å². The molecule has 3 aliphatic rings. The van der Waals surface area contributed by atoms with Crippen molar-refractivity contribution in [1.29, 1.82) is 0 Å². The van der Waals surface area contributed by atoms with Gasteiger partial charge in [-0.15, -0.1) is 0 Å². The predicted molar refractivity (Wildman–Crippen MR) is 120 cm³/mol. The van der Waals surface area contributed by atoms with Crippen molar-refractivity contribution in [3.05, 3.63) is 0 Å². The van der Waals surface area contributed by atoms with Crippen LogP contribution in [0.5, 0.6) is 0 Å². The van der Waals surface area contributed by atoms with Crippen molar-refractivity contribution in [1.82, 2.24) is 20.0 Å². The minimum absolute atomic E-state index is 0.0581. The SMILES string of the molecule is C[C@H]1CC2C(=O)O[C@@H](C)CC(=O)N3CCCC3C(=O)N(C)[C@@H]([C@H](C)O)C(=O)N[C@@H](C)C(=O)N2C1. The number of aliphatic hydroxyl groups excluding tert-OH is 1. The summed E-state index contributed by atoms with van der Waals surface area (Å²) in [6.45, 7) is 7.16. The van der Waals surface area contributed by atoms with E-state index < -0.39 is 60.1 Å². The van der Waals surface area contributed by atoms with E-state index in [4.69, 9.17) is 4.74 Å². The zero-order valence-electron chi connectivity index (χ0n) is 20.5. The van der Waals surface area contributed by atoms with Crippen LogP contribution < -0.4 is 5.32 Å². The number of likely N-dealkylation sites (N-methyl/N-ethyl adjacent to an activating group) is 1. The lowest BCUT2D eigenvalue weighted by Crippen LogP contribution is -2.60. The van der Waals surface area contributed by atoms with Crippen LogP contribution in [0.15, 0.2) is 0 Å². The Balaban J connectivity index is 1.95. The Morgan fingerprint density at radius 1 is 1.03 bits per heavy atom. The molecule has 3 rings (SSSR count). The summed E-state index contributed by atoms with van der Waals surface area (Å²) in [5, 5.41) is 12.9. The second-order valence-corrected chi connectivity index (χ2v) is 9.91. The van der Waals surface area contributed by atoms with Crippen LogP contribution in [0.1, 0.15) is 53.4 Å². The number of carbonyl (C=O) groups excluding carboxylic acids is 5. The molecular weight excluding hydrogens is 444 g/mol. The molecule has 0 aliphatic carbocycles. The topological polar surface area (TPSA) is 137 Å². The summed E-state index contributed by atoms with van der Waals surface area (Å²) < 4.78 is 5.54. The number of nitrogens with one attached hydrogen (secondary N) is 1. The number of carbonyl (C=O) groups is 5. The summed E-state index contributed by atoms with van der Waals surface area (Å²) >= 11 is 0. The van der Waals surface area contributed by atoms with Crippen molar-refractivity contribution in [3.8, 4) is 0 Å². The first-order valence-corrected chi connectivity index (χ1v) is 12.0. The van der Waals surface area contributed by atoms with E-state index in [9.17, 15) is 29.1 Å². The molecule has 3 fully saturated rings. The lowest BCUT2D eigenvalue weighted by molar-refractivity contribution is -0.160. The molecule has 11 nitrogen and oxygen atoms in total. The Bertz CT molecular complexity index is 847. The second kappa shape index (κ2) is 10.3. The van der Waals surface area contributed by atoms with Crippen molar-refractivity contribution >= 4 is 29.6 Å². The van der Waals surface area contributed by atoms with Crippen LogP contribution in [0.3, 0.4) is 0 Å². The van der Waals surface area contributed by atoms with E-state index in [1.807, 2.05) is 6.92 Å². The van der Waals surface area contributed by atoms with Gasteiger partial charge in [-0.3, -0.25) is 19.2 Å². The molecular formula is C23H36N4O7. The van der Waals surface area contributed by atoms with Crippen LogP contribution in [-0.4, -0.2) is 106 Å². The number of fused-ring (bicyclic) bond motifs is 2. The average molecular weight is 481 g/mol. The average Bonchev–Trinajstić information content (AvgIpc) is 3.38. The van der Waals surface area contributed by atoms with E-state index in [-0.39, 0.29) is 18.2 Å². The zero-order chi connectivity index (χ0) is 25.3. The van der Waals surface area contributed by atoms with Crippen molar-refractivity contribution in [2.24, 2.45) is 5.92 Å². The molecule has 2 unspecified atom stereocenters. The molecule has 0 aromatic carbocycles. The van der Waals surface area contributed by atoms with Crippen molar-refractivity contribution in [3.63, 3.8) is 0 Å². The van der Waals surface area contributed by atoms with Crippen LogP contribution in [0.2, 0.25) is 0 Å². The van der Waals surface area contributed by atoms with Crippen molar-refractivity contribution < 1.29 is 33.8 Å². The molecule has 0 saturated carbocycles. The molecule has 0 bridgehead atoms. The van der Waals surface area contributed by atoms with Gasteiger partial charge in [-0.05, 0) is 46.0 Å². The van der Waals surface area contributed by atoms with Gasteiger partial charge < -0.3 is 29.9 Å². The maximum atomic E-state index is 13.3. The van der Waals surface area contributed by atoms with Gasteiger partial charge in [-0.25, -0.2) is 4.79 Å². The maximum absolute atomic E-state index is 13.3. The van der Waals surface area contributed by atoms with Gasteiger partial charge in [0.25, 0.3) is 0 Å². The van der Waals surface area contributed by atoms with E-state index in [0.29, 0.717) is 32.4 Å². The Morgan fingerprint density at radius 2 is 1.71 bits per heavy atom. The second-order valence-electron chi connectivity index (χ2n) is 9.91. The summed E-state index contributed by atoms with van der Waals surface area (Å²) in [5.74, 6) is -2.44. The highest BCUT2D eigenvalue weighted by Gasteiger charge is 2.44. The van der Waals surface area contributed by atoms with E-state index in [2.05, 4.69) is 5.32 Å². The highest BCUT2D eigenvalue weighted by molar-refractivity contribution is 5.95. The zero-order valence-corrected chi connectivity index (χ0v) is 20.5. The van der Waals surface area contributed by atoms with Crippen LogP contribution in [-0.2, 0) is 28.7 Å². The molecule has 0 aromatic heterocycles. The Morgan fingerprint density at radius 3 is 2.35 bits per heavy atom. The fourth-order valence-corrected chi connectivity index (χ4v) is 5.22. The smallest absolute Gasteiger partial charge is 0.329 e. The molecule has 190 valence electrons. The van der Waals surface area contributed by atoms with Gasteiger partial charge in [0.15, 0.2) is 0 Å². The molecule has 2 N–H and O–H groups in total. The summed E-state index contributed by atoms with van der Waals surface area (Å²) in [6, 6.07) is -3.80. The van der Waals surface area contributed by atoms with Crippen LogP contribution >= 0.6 is 0 Å². The molecule has 34 heavy (non-hydrogen) atoms. The lowest BCUT2D eigenvalue weighted by Gasteiger charge is -2.35. The molecule has 11 heteroatoms. The summed E-state index contributed by atoms with van der Waals surface area (Å²) in [4.78, 5) is 69.4. The van der Waals surface area contributed by atoms with Crippen LogP contribution in [0, 0.1) is 5.92 Å². The van der Waals surface area contributed by atoms with E-state index in [0.717, 1.165) is 4.90 Å². The van der Waals surface area contributed by atoms with Gasteiger partial charge in [-0.1, -0.05) is 6.92 Å². The van der Waals surface area contributed by atoms with Gasteiger partial charge in [-0.2, -0.15) is 0 Å². The van der Waals surface area contributed by atoms with Gasteiger partial charge >= 0.3 is 5.97 Å². The first-order chi connectivity index (χ1) is 15.9. The number of esters is 1. The molecule has 3 heterocycles. The van der Waals surface area contributed by atoms with Gasteiger partial charge in [0, 0.05) is 20.1 Å². The minimum Gasteiger partial charge on any atom is -0.461 e. The highest BCUT2D eigenvalue weighted by atomic mass is 16.5. The molecule has 0 spiro atoms. The van der Waals surface area contributed by atoms with E-state index in [1.54, 1.807) is 6.92 Å². The quantitative estimate of drug-likeness (QED) is 0.472. The van der Waals surface area contributed by atoms with Crippen LogP contribution in [0.4, 0.5) is 0 Å². The predicted octanol–water partition coefficient (Wildman–Crippen LogP) is -0.738. The number of hydrogen-bond acceptors (Lipinski definition) is 7. The van der Waals surface area contributed by atoms with Crippen molar-refractivity contribution in [2.45, 2.75) is 89.8 Å². The highest BCUT2D eigenvalue weighted by Crippen LogP contribution is 2.27. The third kappa shape index (κ3) is 5.18. The third-order valence-electron chi connectivity index (χ3n) is 6.92. The molecule has 7 atom stereocenters. The number of nitrogens with zero attached hydrogens (tertiary/aromatic N) is 3. The number of rotatable bonds is 1. The van der Waals surface area contributed by atoms with Gasteiger partial charge in [0.2, 0.25) is 23.6 Å². The largest absolute Gasteiger partial charge is 0.461 e. The fourth-order valence-electron chi connectivity index (χ4n) is 5.22. The fraction of sp³-hybridized carbons (Fsp3) is 0.783. The lowest BCUT2D eigenvalue weighted by atomic mass is 10.1. The van der Waals surface area contributed by atoms with E-state index >= 15 is 0 Å². The number of aliphatic hydroxyl groups is 1. The molecule has 0 aromatic rings. The summed E-state index contributed by atoms with van der Waals surface area (Å²) in [6.07, 6.45) is -0.552. The normalized spacial score (nSPS) is 35.1. The molecule has 0 radical (unpaired) electrons. The number of cyclic esters (lactones) is 1. The third-order valence-corrected chi connectivity index (χ3v) is 6.92. The number of ether oxygens (including phenoxy) is 1. The Hall–Kier alpha value is -2.69. The molecule has 3 aliphatic heterocycles. The number of hydrogen-bond donors (Lipinski definition) is 2. The van der Waals surface area contributed by atoms with Crippen LogP contribution in [0.25, 0.3) is 0 Å². The first-order valence-electron chi connectivity index (χ1n) is 12.0. The van der Waals surface area contributed by atoms with Crippen molar-refractivity contribution in [2.75, 3.05) is 20.1 Å². The maximum Gasteiger partial charge on any atom is 0.329 e. The first kappa shape index (κ1) is 25.9. The Labute approximate surface area is 199 Å². The minimum atomic E-state index is -1.25. The summed E-state index contributed by atoms with van der Waals surface area (Å²) in [5.41, 5.74) is 0. The van der Waals surface area contributed by atoms with E-state index in [1.165, 1.54) is 30.7 Å². The summed E-state index contributed by atoms with van der Waals surface area (Å²) in [7, 11) is 1.42. The van der Waals surface area contributed by atoms with Gasteiger partial charge in [0.1, 0.15) is 30.3 Å². The Kier molecular flexibility index (Phi) is 7.84. The number of amides is 4. The molecule has 3 saturated heterocycles. The molecule has 4 amide bonds.